The van der Waals surface area contributed by atoms with Crippen LogP contribution in [0.1, 0.15) is 15.2 Å². The van der Waals surface area contributed by atoms with Crippen molar-refractivity contribution in [1.82, 2.24) is 19.7 Å². The van der Waals surface area contributed by atoms with Crippen molar-refractivity contribution in [2.75, 3.05) is 36.4 Å². The minimum absolute atomic E-state index is 0.0228. The second kappa shape index (κ2) is 10.4. The highest BCUT2D eigenvalue weighted by Crippen LogP contribution is 2.47. The van der Waals surface area contributed by atoms with E-state index in [9.17, 15) is 40.3 Å². The number of rotatable bonds is 6. The molecule has 39 heavy (non-hydrogen) atoms. The first-order valence-corrected chi connectivity index (χ1v) is 11.0. The molecule has 1 aliphatic heterocycles. The molecular formula is C23H19F7N6O3. The molecule has 2 heterocycles. The van der Waals surface area contributed by atoms with Crippen LogP contribution in [0, 0.1) is 5.82 Å². The molecule has 2 aromatic carbocycles. The van der Waals surface area contributed by atoms with Crippen molar-refractivity contribution in [3.8, 4) is 5.75 Å². The van der Waals surface area contributed by atoms with Gasteiger partial charge in [0.1, 0.15) is 24.0 Å². The SMILES string of the molecule is [2H]C([2H])([2H])N(C(=O)Oc1c(N2CCN(CCn3cnnc3)C2=O)cc(C(F)(F)F)cc1C(F)(F)F)c1ccc(F)cc1. The van der Waals surface area contributed by atoms with E-state index in [-0.39, 0.29) is 36.7 Å². The number of carbonyl (C=O) groups is 2. The van der Waals surface area contributed by atoms with E-state index in [1.54, 1.807) is 0 Å². The van der Waals surface area contributed by atoms with E-state index in [1.165, 1.54) is 17.2 Å². The molecule has 0 unspecified atom stereocenters. The quantitative estimate of drug-likeness (QED) is 0.393. The fraction of sp³-hybridized carbons (Fsp3) is 0.304. The Bertz CT molecular complexity index is 1450. The number of amides is 3. The van der Waals surface area contributed by atoms with Crippen LogP contribution < -0.4 is 14.5 Å². The van der Waals surface area contributed by atoms with Crippen LogP contribution in [-0.4, -0.2) is 58.4 Å². The summed E-state index contributed by atoms with van der Waals surface area (Å²) in [6.45, 7) is -3.78. The average molecular weight is 563 g/mol. The van der Waals surface area contributed by atoms with Gasteiger partial charge in [-0.1, -0.05) is 0 Å². The molecular weight excluding hydrogens is 541 g/mol. The summed E-state index contributed by atoms with van der Waals surface area (Å²) < 4.78 is 126. The fourth-order valence-electron chi connectivity index (χ4n) is 3.71. The van der Waals surface area contributed by atoms with Crippen LogP contribution in [0.3, 0.4) is 0 Å². The maximum atomic E-state index is 14.1. The van der Waals surface area contributed by atoms with E-state index in [1.807, 2.05) is 0 Å². The Morgan fingerprint density at radius 3 is 2.28 bits per heavy atom. The largest absolute Gasteiger partial charge is 0.420 e. The number of ether oxygens (including phenoxy) is 1. The minimum Gasteiger partial charge on any atom is -0.407 e. The lowest BCUT2D eigenvalue weighted by atomic mass is 10.1. The topological polar surface area (TPSA) is 83.8 Å². The summed E-state index contributed by atoms with van der Waals surface area (Å²) in [5, 5.41) is 7.17. The van der Waals surface area contributed by atoms with Crippen LogP contribution in [0.15, 0.2) is 49.1 Å². The van der Waals surface area contributed by atoms with Gasteiger partial charge in [-0.05, 0) is 36.4 Å². The van der Waals surface area contributed by atoms with Crippen LogP contribution >= 0.6 is 0 Å². The number of alkyl halides is 6. The number of nitrogens with zero attached hydrogens (tertiary/aromatic N) is 6. The number of anilines is 2. The predicted molar refractivity (Wildman–Crippen MR) is 122 cm³/mol. The Balaban J connectivity index is 1.79. The second-order valence-corrected chi connectivity index (χ2v) is 8.17. The van der Waals surface area contributed by atoms with Crippen molar-refractivity contribution in [3.05, 3.63) is 66.0 Å². The predicted octanol–water partition coefficient (Wildman–Crippen LogP) is 5.03. The molecule has 1 saturated heterocycles. The Hall–Kier alpha value is -4.37. The highest BCUT2D eigenvalue weighted by Gasteiger charge is 2.44. The van der Waals surface area contributed by atoms with Crippen LogP contribution in [-0.2, 0) is 18.9 Å². The first kappa shape index (κ1) is 23.7. The van der Waals surface area contributed by atoms with E-state index in [4.69, 9.17) is 8.85 Å². The fourth-order valence-corrected chi connectivity index (χ4v) is 3.71. The van der Waals surface area contributed by atoms with Gasteiger partial charge >= 0.3 is 24.5 Å². The number of hydrogen-bond acceptors (Lipinski definition) is 5. The lowest BCUT2D eigenvalue weighted by Crippen LogP contribution is -2.35. The van der Waals surface area contributed by atoms with Crippen LogP contribution in [0.25, 0.3) is 0 Å². The first-order chi connectivity index (χ1) is 19.5. The maximum Gasteiger partial charge on any atom is 0.420 e. The maximum absolute atomic E-state index is 14.1. The zero-order valence-corrected chi connectivity index (χ0v) is 19.5. The summed E-state index contributed by atoms with van der Waals surface area (Å²) in [6.07, 6.45) is -10.2. The molecule has 1 fully saturated rings. The van der Waals surface area contributed by atoms with Crippen LogP contribution in [0.5, 0.6) is 5.75 Å². The number of hydrogen-bond donors (Lipinski definition) is 0. The van der Waals surface area contributed by atoms with E-state index in [2.05, 4.69) is 10.2 Å². The summed E-state index contributed by atoms with van der Waals surface area (Å²) in [4.78, 5) is 27.8. The molecule has 1 aromatic heterocycles. The van der Waals surface area contributed by atoms with Crippen molar-refractivity contribution in [2.45, 2.75) is 18.9 Å². The summed E-state index contributed by atoms with van der Waals surface area (Å²) in [6, 6.07) is 2.09. The Morgan fingerprint density at radius 1 is 1.03 bits per heavy atom. The molecule has 0 spiro atoms. The molecule has 0 N–H and O–H groups in total. The monoisotopic (exact) mass is 563 g/mol. The average Bonchev–Trinajstić information content (AvgIpc) is 3.51. The zero-order chi connectivity index (χ0) is 31.0. The van der Waals surface area contributed by atoms with Gasteiger partial charge in [0.25, 0.3) is 0 Å². The molecule has 1 aliphatic rings. The number of benzene rings is 2. The molecule has 3 aromatic rings. The van der Waals surface area contributed by atoms with E-state index in [0.717, 1.165) is 29.2 Å². The van der Waals surface area contributed by atoms with Gasteiger partial charge in [0.2, 0.25) is 0 Å². The second-order valence-electron chi connectivity index (χ2n) is 8.17. The summed E-state index contributed by atoms with van der Waals surface area (Å²) in [5.74, 6) is -2.35. The van der Waals surface area contributed by atoms with Gasteiger partial charge in [-0.2, -0.15) is 26.3 Å². The number of aromatic nitrogens is 3. The van der Waals surface area contributed by atoms with Crippen molar-refractivity contribution in [3.63, 3.8) is 0 Å². The molecule has 208 valence electrons. The molecule has 9 nitrogen and oxygen atoms in total. The molecule has 4 rings (SSSR count). The van der Waals surface area contributed by atoms with E-state index < -0.39 is 72.1 Å². The summed E-state index contributed by atoms with van der Waals surface area (Å²) in [7, 11) is 0. The third-order valence-corrected chi connectivity index (χ3v) is 5.64. The number of urea groups is 1. The highest BCUT2D eigenvalue weighted by molar-refractivity contribution is 5.97. The lowest BCUT2D eigenvalue weighted by molar-refractivity contribution is -0.143. The molecule has 0 bridgehead atoms. The normalized spacial score (nSPS) is 15.7. The van der Waals surface area contributed by atoms with Gasteiger partial charge in [0, 0.05) is 43.0 Å². The molecule has 16 heteroatoms. The Kier molecular flexibility index (Phi) is 6.34. The smallest absolute Gasteiger partial charge is 0.407 e. The minimum atomic E-state index is -5.55. The van der Waals surface area contributed by atoms with Crippen LogP contribution in [0.4, 0.5) is 51.7 Å². The van der Waals surface area contributed by atoms with Crippen molar-refractivity contribution in [1.29, 1.82) is 0 Å². The molecule has 0 radical (unpaired) electrons. The zero-order valence-electron chi connectivity index (χ0n) is 22.5. The Labute approximate surface area is 220 Å². The van der Waals surface area contributed by atoms with Crippen molar-refractivity contribution < 1.29 is 49.2 Å². The van der Waals surface area contributed by atoms with Gasteiger partial charge in [0.15, 0.2) is 5.75 Å². The van der Waals surface area contributed by atoms with E-state index in [0.29, 0.717) is 4.90 Å². The van der Waals surface area contributed by atoms with Gasteiger partial charge < -0.3 is 14.2 Å². The van der Waals surface area contributed by atoms with Crippen molar-refractivity contribution >= 4 is 23.5 Å². The third kappa shape index (κ3) is 6.04. The Morgan fingerprint density at radius 2 is 1.69 bits per heavy atom. The van der Waals surface area contributed by atoms with E-state index >= 15 is 0 Å². The van der Waals surface area contributed by atoms with Gasteiger partial charge in [-0.3, -0.25) is 9.80 Å². The third-order valence-electron chi connectivity index (χ3n) is 5.64. The van der Waals surface area contributed by atoms with Gasteiger partial charge in [-0.25, -0.2) is 14.0 Å². The number of carbonyl (C=O) groups excluding carboxylic acids is 2. The first-order valence-electron chi connectivity index (χ1n) is 12.5. The molecule has 0 aliphatic carbocycles. The highest BCUT2D eigenvalue weighted by atomic mass is 19.4. The van der Waals surface area contributed by atoms with Gasteiger partial charge in [0.05, 0.1) is 11.3 Å². The summed E-state index contributed by atoms with van der Waals surface area (Å²) >= 11 is 0. The molecule has 3 amide bonds. The summed E-state index contributed by atoms with van der Waals surface area (Å²) in [5.41, 5.74) is -5.46. The molecule has 0 atom stereocenters. The standard InChI is InChI=1S/C23H19F7N6O3/c1-33(16-4-2-15(24)3-5-16)21(38)39-19-17(23(28,29)30)10-14(22(25,26)27)11-18(19)36-9-8-35(20(36)37)7-6-34-12-31-32-13-34/h2-5,10-13H,6-9H2,1H3/i1D3. The van der Waals surface area contributed by atoms with Gasteiger partial charge in [-0.15, -0.1) is 10.2 Å². The number of halogens is 7. The lowest BCUT2D eigenvalue weighted by Gasteiger charge is -2.26. The molecule has 0 saturated carbocycles. The van der Waals surface area contributed by atoms with Crippen molar-refractivity contribution in [2.24, 2.45) is 0 Å². The van der Waals surface area contributed by atoms with Crippen LogP contribution in [0.2, 0.25) is 0 Å².